The summed E-state index contributed by atoms with van der Waals surface area (Å²) in [4.78, 5) is 0. The molecule has 3 heteroatoms. The average molecular weight is 165 g/mol. The Kier molecular flexibility index (Phi) is 1.50. The van der Waals surface area contributed by atoms with Gasteiger partial charge in [0.15, 0.2) is 0 Å². The zero-order chi connectivity index (χ0) is 8.55. The number of ether oxygens (including phenoxy) is 1. The molecule has 2 nitrogen and oxygen atoms in total. The van der Waals surface area contributed by atoms with Crippen LogP contribution < -0.4 is 10.1 Å². The highest BCUT2D eigenvalue weighted by Crippen LogP contribution is 2.29. The Hall–Kier alpha value is -1.51. The van der Waals surface area contributed by atoms with Crippen LogP contribution in [-0.2, 0) is 0 Å². The number of anilines is 1. The van der Waals surface area contributed by atoms with Crippen LogP contribution in [0.2, 0.25) is 0 Å². The molecule has 0 aromatic heterocycles. The van der Waals surface area contributed by atoms with Crippen molar-refractivity contribution in [2.45, 2.75) is 0 Å². The van der Waals surface area contributed by atoms with Crippen LogP contribution in [0.5, 0.6) is 5.75 Å². The first-order chi connectivity index (χ1) is 5.75. The maximum atomic E-state index is 12.7. The van der Waals surface area contributed by atoms with Gasteiger partial charge in [-0.3, -0.25) is 0 Å². The van der Waals surface area contributed by atoms with Gasteiger partial charge in [0.1, 0.15) is 18.2 Å². The van der Waals surface area contributed by atoms with Gasteiger partial charge < -0.3 is 10.1 Å². The van der Waals surface area contributed by atoms with Crippen LogP contribution in [0.15, 0.2) is 30.5 Å². The van der Waals surface area contributed by atoms with E-state index >= 15 is 0 Å². The molecule has 2 rings (SSSR count). The summed E-state index contributed by atoms with van der Waals surface area (Å²) in [6, 6.07) is 4.37. The zero-order valence-corrected chi connectivity index (χ0v) is 6.43. The molecule has 1 aliphatic rings. The van der Waals surface area contributed by atoms with Crippen molar-refractivity contribution >= 4 is 5.69 Å². The van der Waals surface area contributed by atoms with Crippen LogP contribution in [0.3, 0.4) is 0 Å². The molecular weight excluding hydrogens is 157 g/mol. The molecule has 0 fully saturated rings. The molecule has 0 amide bonds. The van der Waals surface area contributed by atoms with Gasteiger partial charge in [-0.25, -0.2) is 4.39 Å². The maximum absolute atomic E-state index is 12.7. The number of nitrogens with one attached hydrogen (secondary N) is 1. The predicted molar refractivity (Wildman–Crippen MR) is 44.7 cm³/mol. The molecule has 1 aromatic carbocycles. The Morgan fingerprint density at radius 3 is 3.17 bits per heavy atom. The number of hydrogen-bond donors (Lipinski definition) is 1. The molecule has 12 heavy (non-hydrogen) atoms. The highest BCUT2D eigenvalue weighted by atomic mass is 19.1. The maximum Gasteiger partial charge on any atom is 0.146 e. The molecule has 1 heterocycles. The molecule has 1 N–H and O–H groups in total. The number of halogens is 1. The summed E-state index contributed by atoms with van der Waals surface area (Å²) in [6.45, 7) is 4.10. The van der Waals surface area contributed by atoms with E-state index in [-0.39, 0.29) is 5.82 Å². The van der Waals surface area contributed by atoms with Crippen molar-refractivity contribution in [2.75, 3.05) is 11.9 Å². The van der Waals surface area contributed by atoms with Gasteiger partial charge in [0, 0.05) is 11.8 Å². The van der Waals surface area contributed by atoms with Crippen LogP contribution in [0, 0.1) is 5.82 Å². The Balaban J connectivity index is 2.43. The summed E-state index contributed by atoms with van der Waals surface area (Å²) in [5.74, 6) is 0.255. The molecule has 0 aliphatic carbocycles. The molecule has 0 saturated heterocycles. The van der Waals surface area contributed by atoms with Gasteiger partial charge >= 0.3 is 0 Å². The van der Waals surface area contributed by atoms with Gasteiger partial charge in [0.05, 0.1) is 5.69 Å². The van der Waals surface area contributed by atoms with Crippen molar-refractivity contribution in [1.29, 1.82) is 0 Å². The molecule has 0 radical (unpaired) electrons. The fraction of sp³-hybridized carbons (Fsp3) is 0.111. The van der Waals surface area contributed by atoms with E-state index in [0.29, 0.717) is 12.4 Å². The second-order valence-electron chi connectivity index (χ2n) is 2.66. The lowest BCUT2D eigenvalue weighted by Crippen LogP contribution is -2.15. The minimum absolute atomic E-state index is 0.289. The monoisotopic (exact) mass is 165 g/mol. The SMILES string of the molecule is C=C1COc2cc(F)ccc2N1. The fourth-order valence-electron chi connectivity index (χ4n) is 1.11. The largest absolute Gasteiger partial charge is 0.485 e. The van der Waals surface area contributed by atoms with Crippen LogP contribution >= 0.6 is 0 Å². The highest BCUT2D eigenvalue weighted by molar-refractivity contribution is 5.61. The van der Waals surface area contributed by atoms with Crippen LogP contribution in [0.25, 0.3) is 0 Å². The van der Waals surface area contributed by atoms with E-state index in [9.17, 15) is 4.39 Å². The van der Waals surface area contributed by atoms with Crippen molar-refractivity contribution in [2.24, 2.45) is 0 Å². The zero-order valence-electron chi connectivity index (χ0n) is 6.43. The van der Waals surface area contributed by atoms with Crippen molar-refractivity contribution in [1.82, 2.24) is 0 Å². The first kappa shape index (κ1) is 7.16. The van der Waals surface area contributed by atoms with E-state index < -0.39 is 0 Å². The average Bonchev–Trinajstić information content (AvgIpc) is 2.05. The molecule has 0 saturated carbocycles. The van der Waals surface area contributed by atoms with Gasteiger partial charge in [-0.05, 0) is 12.1 Å². The smallest absolute Gasteiger partial charge is 0.146 e. The van der Waals surface area contributed by atoms with Crippen molar-refractivity contribution < 1.29 is 9.13 Å². The lowest BCUT2D eigenvalue weighted by Gasteiger charge is -2.20. The molecular formula is C9H8FNO. The standard InChI is InChI=1S/C9H8FNO/c1-6-5-12-9-4-7(10)2-3-8(9)11-6/h2-4,11H,1,5H2. The van der Waals surface area contributed by atoms with E-state index in [1.54, 1.807) is 6.07 Å². The minimum Gasteiger partial charge on any atom is -0.485 e. The highest BCUT2D eigenvalue weighted by Gasteiger charge is 2.11. The van der Waals surface area contributed by atoms with Gasteiger partial charge in [0.2, 0.25) is 0 Å². The van der Waals surface area contributed by atoms with Gasteiger partial charge in [-0.1, -0.05) is 6.58 Å². The van der Waals surface area contributed by atoms with E-state index in [2.05, 4.69) is 11.9 Å². The second kappa shape index (κ2) is 2.52. The Labute approximate surface area is 69.7 Å². The quantitative estimate of drug-likeness (QED) is 0.636. The van der Waals surface area contributed by atoms with E-state index in [0.717, 1.165) is 11.4 Å². The molecule has 1 aromatic rings. The summed E-state index contributed by atoms with van der Waals surface area (Å²) in [5.41, 5.74) is 1.56. The molecule has 62 valence electrons. The van der Waals surface area contributed by atoms with Crippen LogP contribution in [0.4, 0.5) is 10.1 Å². The molecule has 0 bridgehead atoms. The Morgan fingerprint density at radius 2 is 2.33 bits per heavy atom. The molecule has 0 spiro atoms. The van der Waals surface area contributed by atoms with E-state index in [4.69, 9.17) is 4.74 Å². The van der Waals surface area contributed by atoms with Crippen molar-refractivity contribution in [3.8, 4) is 5.75 Å². The van der Waals surface area contributed by atoms with E-state index in [1.807, 2.05) is 0 Å². The van der Waals surface area contributed by atoms with E-state index in [1.165, 1.54) is 12.1 Å². The van der Waals surface area contributed by atoms with Gasteiger partial charge in [-0.2, -0.15) is 0 Å². The van der Waals surface area contributed by atoms with Crippen molar-refractivity contribution in [3.05, 3.63) is 36.3 Å². The minimum atomic E-state index is -0.289. The summed E-state index contributed by atoms with van der Waals surface area (Å²) in [5, 5.41) is 3.00. The topological polar surface area (TPSA) is 21.3 Å². The summed E-state index contributed by atoms with van der Waals surface area (Å²) >= 11 is 0. The van der Waals surface area contributed by atoms with Crippen LogP contribution in [0.1, 0.15) is 0 Å². The third-order valence-corrected chi connectivity index (χ3v) is 1.66. The lowest BCUT2D eigenvalue weighted by molar-refractivity contribution is 0.344. The normalized spacial score (nSPS) is 14.6. The second-order valence-corrected chi connectivity index (χ2v) is 2.66. The lowest BCUT2D eigenvalue weighted by atomic mass is 10.2. The summed E-state index contributed by atoms with van der Waals surface area (Å²) in [7, 11) is 0. The number of benzene rings is 1. The van der Waals surface area contributed by atoms with Gasteiger partial charge in [-0.15, -0.1) is 0 Å². The fourth-order valence-corrected chi connectivity index (χ4v) is 1.11. The number of rotatable bonds is 0. The van der Waals surface area contributed by atoms with Crippen LogP contribution in [-0.4, -0.2) is 6.61 Å². The molecule has 0 unspecified atom stereocenters. The van der Waals surface area contributed by atoms with Crippen molar-refractivity contribution in [3.63, 3.8) is 0 Å². The third-order valence-electron chi connectivity index (χ3n) is 1.66. The third kappa shape index (κ3) is 1.13. The molecule has 0 atom stereocenters. The molecule has 1 aliphatic heterocycles. The van der Waals surface area contributed by atoms with Gasteiger partial charge in [0.25, 0.3) is 0 Å². The first-order valence-corrected chi connectivity index (χ1v) is 3.63. The Morgan fingerprint density at radius 1 is 1.50 bits per heavy atom. The number of fused-ring (bicyclic) bond motifs is 1. The predicted octanol–water partition coefficient (Wildman–Crippen LogP) is 2.14. The summed E-state index contributed by atoms with van der Waals surface area (Å²) in [6.07, 6.45) is 0. The first-order valence-electron chi connectivity index (χ1n) is 3.63. The Bertz CT molecular complexity index is 335. The summed E-state index contributed by atoms with van der Waals surface area (Å²) < 4.78 is 17.9. The number of hydrogen-bond acceptors (Lipinski definition) is 2.